The number of nitrogens with one attached hydrogen (secondary N) is 1. The number of aliphatic hydroxyl groups excluding tert-OH is 1. The van der Waals surface area contributed by atoms with E-state index in [0.717, 1.165) is 135 Å². The summed E-state index contributed by atoms with van der Waals surface area (Å²) in [5, 5.41) is 34.2. The van der Waals surface area contributed by atoms with Crippen LogP contribution in [0.1, 0.15) is 269 Å². The first-order valence-corrected chi connectivity index (χ1v) is 42.4. The number of carboxylic acids is 2. The van der Waals surface area contributed by atoms with E-state index in [0.29, 0.717) is 80.4 Å². The fourth-order valence-corrected chi connectivity index (χ4v) is 16.2. The monoisotopic (exact) mass is 1690 g/mol. The van der Waals surface area contributed by atoms with Crippen LogP contribution >= 0.6 is 45.9 Å². The van der Waals surface area contributed by atoms with E-state index in [4.69, 9.17) is 27.9 Å². The van der Waals surface area contributed by atoms with Gasteiger partial charge < -0.3 is 49.3 Å². The quantitative estimate of drug-likeness (QED) is 0.0189. The number of carbonyl (C=O) groups excluding carboxylic acids is 6. The van der Waals surface area contributed by atoms with Gasteiger partial charge in [0.25, 0.3) is 0 Å². The second-order valence-electron chi connectivity index (χ2n) is 32.3. The molecular formula is C86H118BCl2N8Na2O15S2. The molecule has 23 nitrogen and oxygen atoms in total. The van der Waals surface area contributed by atoms with Crippen molar-refractivity contribution in [2.24, 2.45) is 34.5 Å². The Kier molecular flexibility index (Phi) is 46.9. The fraction of sp³-hybridized carbons (Fsp3) is 0.593. The van der Waals surface area contributed by atoms with Crippen LogP contribution < -0.4 is 79.0 Å². The number of carbonyl (C=O) groups is 8. The fourth-order valence-electron chi connectivity index (χ4n) is 14.1. The minimum atomic E-state index is -1.02. The van der Waals surface area contributed by atoms with Gasteiger partial charge in [-0.25, -0.2) is 43.9 Å². The van der Waals surface area contributed by atoms with Crippen LogP contribution in [0.5, 0.6) is 5.88 Å². The van der Waals surface area contributed by atoms with E-state index in [1.54, 1.807) is 23.2 Å². The summed E-state index contributed by atoms with van der Waals surface area (Å²) < 4.78 is 9.98. The number of carboxylic acid groups (broad SMARTS) is 2. The van der Waals surface area contributed by atoms with Crippen LogP contribution in [0.15, 0.2) is 67.1 Å². The van der Waals surface area contributed by atoms with Gasteiger partial charge in [0.05, 0.1) is 27.2 Å². The Balaban J connectivity index is 0.000000411. The molecule has 3 saturated heterocycles. The van der Waals surface area contributed by atoms with Crippen LogP contribution in [0.3, 0.4) is 0 Å². The van der Waals surface area contributed by atoms with Crippen LogP contribution in [-0.2, 0) is 51.5 Å². The van der Waals surface area contributed by atoms with Crippen LogP contribution in [-0.4, -0.2) is 160 Å². The van der Waals surface area contributed by atoms with Gasteiger partial charge >= 0.3 is 83.0 Å². The number of ether oxygens (including phenoxy) is 1. The van der Waals surface area contributed by atoms with Crippen molar-refractivity contribution in [3.05, 3.63) is 114 Å². The first-order chi connectivity index (χ1) is 54.2. The van der Waals surface area contributed by atoms with Gasteiger partial charge in [0, 0.05) is 98.8 Å². The standard InChI is InChI=1S/C35H47N3O4S.C25H35NO4S.C10H13ClN2.C6H4ClNO.C4H9N.C4H6O4.C2H3BO2.2Na.H/c1-24-7-9-26(10-8-24)33(39)38(30-22-29(15-17-35(2,3)4)43-32(30)34(40)41)27-11-13-28(14-12-27)42-31-21-25(16-18-36-31)23-37-19-5-6-20-37;1-16-5-7-17(8-6-16)23(28)26(18-9-11-19(27)12-10-18)21-15-20(13-14-25(2,3)4)31-22(21)24(29)30;11-10-7-9(3-4-12-10)8-13-5-1-2-6-13;7-6-3-5(4-9)1-2-8-6;1-2-4-5-3-1;1-3(5)7-8-4(2)6;1-2(4)5-3;;;/h16,18,21-22,24,26-28H,5-14,19-20,23H2,1-4H3,(H,40,41);15-19,27H,5-12H2,1-4H3,(H,29,30);3-4,7H,1-2,5-6,8H2;1-4H;5H,1-4H2;1-2H3;1H3;;;/q;;;;;;-1;2*+1;-1. The number of rotatable bonds is 15. The maximum Gasteiger partial charge on any atom is 1.00 e. The summed E-state index contributed by atoms with van der Waals surface area (Å²) in [4.78, 5) is 122. The van der Waals surface area contributed by atoms with Crippen molar-refractivity contribution >= 4 is 113 Å². The summed E-state index contributed by atoms with van der Waals surface area (Å²) in [6, 6.07) is 14.7. The molecule has 3 aliphatic heterocycles. The summed E-state index contributed by atoms with van der Waals surface area (Å²) >= 11 is 13.6. The summed E-state index contributed by atoms with van der Waals surface area (Å²) in [5.74, 6) is 10.8. The Labute approximate surface area is 751 Å². The van der Waals surface area contributed by atoms with E-state index in [1.165, 1.54) is 106 Å². The van der Waals surface area contributed by atoms with Crippen molar-refractivity contribution in [3.8, 4) is 29.6 Å². The molecule has 7 aliphatic rings. The second-order valence-corrected chi connectivity index (χ2v) is 35.2. The molecule has 4 N–H and O–H groups in total. The molecule has 7 fully saturated rings. The Morgan fingerprint density at radius 2 is 0.957 bits per heavy atom. The summed E-state index contributed by atoms with van der Waals surface area (Å²) in [5.41, 5.74) is 3.64. The van der Waals surface area contributed by atoms with Crippen molar-refractivity contribution in [1.29, 1.82) is 0 Å². The van der Waals surface area contributed by atoms with Gasteiger partial charge in [-0.15, -0.1) is 22.7 Å². The molecule has 116 heavy (non-hydrogen) atoms. The maximum absolute atomic E-state index is 14.2. The number of likely N-dealkylation sites (tertiary alicyclic amines) is 2. The molecule has 0 bridgehead atoms. The predicted molar refractivity (Wildman–Crippen MR) is 449 cm³/mol. The van der Waals surface area contributed by atoms with Gasteiger partial charge in [0.1, 0.15) is 32.5 Å². The molecule has 0 spiro atoms. The number of hydrogen-bond acceptors (Lipinski definition) is 21. The third-order valence-electron chi connectivity index (χ3n) is 20.1. The van der Waals surface area contributed by atoms with Gasteiger partial charge in [0.15, 0.2) is 0 Å². The molecule has 4 saturated carbocycles. The molecular weight excluding hydrogens is 1580 g/mol. The first-order valence-electron chi connectivity index (χ1n) is 40.0. The van der Waals surface area contributed by atoms with Crippen LogP contribution in [0.25, 0.3) is 0 Å². The van der Waals surface area contributed by atoms with Gasteiger partial charge in [-0.3, -0.25) is 29.0 Å². The Morgan fingerprint density at radius 1 is 0.569 bits per heavy atom. The van der Waals surface area contributed by atoms with Gasteiger partial charge in [-0.1, -0.05) is 60.7 Å². The number of hydrogen-bond donors (Lipinski definition) is 4. The second kappa shape index (κ2) is 53.1. The minimum Gasteiger partial charge on any atom is -1.00 e. The normalized spacial score (nSPS) is 20.8. The average Bonchev–Trinajstić information content (AvgIpc) is 1.69. The number of halogens is 2. The molecule has 4 aliphatic carbocycles. The number of amides is 2. The number of anilines is 2. The Morgan fingerprint density at radius 3 is 1.30 bits per heavy atom. The third-order valence-corrected chi connectivity index (χ3v) is 22.5. The first kappa shape index (κ1) is 103. The van der Waals surface area contributed by atoms with Crippen molar-refractivity contribution in [2.45, 2.75) is 255 Å². The van der Waals surface area contributed by atoms with E-state index in [9.17, 15) is 53.7 Å². The number of aromatic nitrogens is 3. The molecule has 0 aromatic carbocycles. The smallest absolute Gasteiger partial charge is 1.00 e. The zero-order chi connectivity index (χ0) is 83.5. The zero-order valence-electron chi connectivity index (χ0n) is 71.3. The number of nitrogens with zero attached hydrogens (tertiary/aromatic N) is 7. The van der Waals surface area contributed by atoms with Crippen LogP contribution in [0, 0.1) is 58.2 Å². The largest absolute Gasteiger partial charge is 1.00 e. The SMILES string of the molecule is C1CCNC1.CC(=O)OOC(C)=O.CC1CCC(C(=O)N(c2cc(C#CC(C)(C)C)sc2C(=O)O)C2CCC(O)CC2)CC1.CC1CCC(C(=O)N(c2cc(C#CC(C)(C)C)sc2C(=O)O)C2CCC(Oc3cc(CN4CCCC4)ccn3)CC2)CC1.Clc1cc(CN2CCCC2)ccn1.O=Cc1ccnc(Cl)c1.[B-]OC(C)=O.[H-].[Na+].[Na+]. The van der Waals surface area contributed by atoms with Crippen LogP contribution in [0.4, 0.5) is 11.4 Å². The molecule has 0 unspecified atom stereocenters. The summed E-state index contributed by atoms with van der Waals surface area (Å²) in [6.07, 6.45) is 26.8. The summed E-state index contributed by atoms with van der Waals surface area (Å²) in [6.45, 7) is 29.3. The van der Waals surface area contributed by atoms with Crippen molar-refractivity contribution < 1.29 is 133 Å². The molecule has 3 radical (unpaired) electrons. The van der Waals surface area contributed by atoms with Crippen molar-refractivity contribution in [2.75, 3.05) is 49.1 Å². The predicted octanol–water partition coefficient (Wildman–Crippen LogP) is 10.7. The molecule has 5 aromatic heterocycles. The summed E-state index contributed by atoms with van der Waals surface area (Å²) in [7, 11) is 4.32. The number of aliphatic hydroxyl groups is 1. The van der Waals surface area contributed by atoms with E-state index in [2.05, 4.69) is 102 Å². The molecule has 30 heteroatoms. The number of pyridine rings is 3. The van der Waals surface area contributed by atoms with E-state index in [1.807, 2.05) is 70.8 Å². The molecule has 623 valence electrons. The average molecular weight is 1700 g/mol. The van der Waals surface area contributed by atoms with E-state index >= 15 is 0 Å². The minimum absolute atomic E-state index is 0. The van der Waals surface area contributed by atoms with Crippen LogP contribution in [0.2, 0.25) is 10.3 Å². The number of aldehydes is 1. The van der Waals surface area contributed by atoms with Gasteiger partial charge in [-0.2, -0.15) is 0 Å². The molecule has 2 amide bonds. The molecule has 12 rings (SSSR count). The van der Waals surface area contributed by atoms with Crippen molar-refractivity contribution in [1.82, 2.24) is 30.1 Å². The van der Waals surface area contributed by atoms with E-state index < -0.39 is 29.8 Å². The van der Waals surface area contributed by atoms with E-state index in [-0.39, 0.29) is 129 Å². The number of aromatic carboxylic acids is 2. The Bertz CT molecular complexity index is 4020. The third kappa shape index (κ3) is 38.3. The Hall–Kier alpha value is -5.79. The van der Waals surface area contributed by atoms with Gasteiger partial charge in [0.2, 0.25) is 23.7 Å². The number of thiophene rings is 2. The van der Waals surface area contributed by atoms with Gasteiger partial charge in [-0.05, 0) is 287 Å². The van der Waals surface area contributed by atoms with Crippen molar-refractivity contribution in [3.63, 3.8) is 0 Å². The topological polar surface area (TPSA) is 298 Å². The molecule has 8 heterocycles. The zero-order valence-corrected chi connectivity index (χ0v) is 77.4. The molecule has 0 atom stereocenters. The molecule has 5 aromatic rings. The maximum atomic E-state index is 14.2.